The molecule has 104 valence electrons. The zero-order valence-electron chi connectivity index (χ0n) is 12.3. The van der Waals surface area contributed by atoms with E-state index in [1.165, 1.54) is 50.2 Å². The first-order valence-corrected chi connectivity index (χ1v) is 8.99. The van der Waals surface area contributed by atoms with Gasteiger partial charge in [0.2, 0.25) is 0 Å². The quantitative estimate of drug-likeness (QED) is 0.831. The normalized spacial score (nSPS) is 43.5. The molecule has 2 saturated carbocycles. The van der Waals surface area contributed by atoms with Gasteiger partial charge in [-0.15, -0.1) is 0 Å². The Balaban J connectivity index is 1.61. The first-order valence-electron chi connectivity index (χ1n) is 7.83. The predicted octanol–water partition coefficient (Wildman–Crippen LogP) is 3.93. The largest absolute Gasteiger partial charge is 0.313 e. The summed E-state index contributed by atoms with van der Waals surface area (Å²) in [6.45, 7) is 8.83. The van der Waals surface area contributed by atoms with Gasteiger partial charge in [-0.25, -0.2) is 0 Å². The lowest BCUT2D eigenvalue weighted by Gasteiger charge is -2.44. The summed E-state index contributed by atoms with van der Waals surface area (Å²) in [5.41, 5.74) is 1.12. The minimum atomic E-state index is 0.524. The van der Waals surface area contributed by atoms with Crippen molar-refractivity contribution in [1.29, 1.82) is 0 Å². The van der Waals surface area contributed by atoms with Gasteiger partial charge < -0.3 is 5.32 Å². The fraction of sp³-hybridized carbons (Fsp3) is 1.00. The number of fused-ring (bicyclic) bond motifs is 2. The predicted molar refractivity (Wildman–Crippen MR) is 81.1 cm³/mol. The standard InChI is InChI=1S/C16H29NS/c1-15(2)13-4-7-16(3,10-13)14(15)17-11-12-5-8-18-9-6-12/h12-14,17H,4-11H2,1-3H3/t13-,14?,16+/m0/s1. The molecule has 1 nitrogen and oxygen atoms in total. The molecule has 1 aliphatic heterocycles. The minimum Gasteiger partial charge on any atom is -0.313 e. The maximum atomic E-state index is 4.00. The molecule has 1 N–H and O–H groups in total. The van der Waals surface area contributed by atoms with E-state index < -0.39 is 0 Å². The average molecular weight is 267 g/mol. The second-order valence-electron chi connectivity index (χ2n) is 7.81. The van der Waals surface area contributed by atoms with Crippen LogP contribution in [-0.2, 0) is 0 Å². The molecular formula is C16H29NS. The second-order valence-corrected chi connectivity index (χ2v) is 9.04. The smallest absolute Gasteiger partial charge is 0.0175 e. The third-order valence-corrected chi connectivity index (χ3v) is 7.27. The summed E-state index contributed by atoms with van der Waals surface area (Å²) in [5, 5.41) is 4.00. The molecule has 0 aromatic carbocycles. The molecule has 2 bridgehead atoms. The molecule has 3 rings (SSSR count). The van der Waals surface area contributed by atoms with E-state index in [4.69, 9.17) is 0 Å². The van der Waals surface area contributed by atoms with E-state index in [1.54, 1.807) is 0 Å². The van der Waals surface area contributed by atoms with Crippen LogP contribution in [-0.4, -0.2) is 24.1 Å². The highest BCUT2D eigenvalue weighted by Gasteiger charge is 2.58. The lowest BCUT2D eigenvalue weighted by molar-refractivity contribution is 0.105. The van der Waals surface area contributed by atoms with E-state index in [9.17, 15) is 0 Å². The first-order chi connectivity index (χ1) is 8.52. The maximum absolute atomic E-state index is 4.00. The highest BCUT2D eigenvalue weighted by atomic mass is 32.2. The lowest BCUT2D eigenvalue weighted by atomic mass is 9.68. The van der Waals surface area contributed by atoms with Gasteiger partial charge in [-0.2, -0.15) is 11.8 Å². The summed E-state index contributed by atoms with van der Waals surface area (Å²) >= 11 is 2.14. The number of hydrogen-bond acceptors (Lipinski definition) is 2. The Hall–Kier alpha value is 0.310. The van der Waals surface area contributed by atoms with Gasteiger partial charge >= 0.3 is 0 Å². The van der Waals surface area contributed by atoms with Crippen LogP contribution in [0.25, 0.3) is 0 Å². The van der Waals surface area contributed by atoms with Gasteiger partial charge in [-0.05, 0) is 72.8 Å². The highest BCUT2D eigenvalue weighted by molar-refractivity contribution is 7.99. The van der Waals surface area contributed by atoms with Gasteiger partial charge in [0, 0.05) is 6.04 Å². The van der Waals surface area contributed by atoms with Crippen molar-refractivity contribution in [2.45, 2.75) is 58.9 Å². The molecule has 2 heteroatoms. The molecule has 0 spiro atoms. The van der Waals surface area contributed by atoms with Crippen LogP contribution in [0, 0.1) is 22.7 Å². The summed E-state index contributed by atoms with van der Waals surface area (Å²) in [5.74, 6) is 4.70. The third kappa shape index (κ3) is 2.14. The first kappa shape index (κ1) is 13.3. The molecule has 3 aliphatic rings. The molecule has 1 heterocycles. The van der Waals surface area contributed by atoms with Crippen LogP contribution >= 0.6 is 11.8 Å². The van der Waals surface area contributed by atoms with Crippen LogP contribution < -0.4 is 5.32 Å². The van der Waals surface area contributed by atoms with Crippen molar-refractivity contribution in [3.05, 3.63) is 0 Å². The zero-order chi connectivity index (χ0) is 12.8. The average Bonchev–Trinajstić information content (AvgIpc) is 2.81. The van der Waals surface area contributed by atoms with Crippen molar-refractivity contribution < 1.29 is 0 Å². The van der Waals surface area contributed by atoms with E-state index in [0.717, 1.165) is 17.9 Å². The van der Waals surface area contributed by atoms with Crippen LogP contribution in [0.5, 0.6) is 0 Å². The number of nitrogens with one attached hydrogen (secondary N) is 1. The number of hydrogen-bond donors (Lipinski definition) is 1. The minimum absolute atomic E-state index is 0.524. The van der Waals surface area contributed by atoms with E-state index in [0.29, 0.717) is 10.8 Å². The van der Waals surface area contributed by atoms with E-state index in [1.807, 2.05) is 0 Å². The molecule has 0 aromatic rings. The maximum Gasteiger partial charge on any atom is 0.0175 e. The fourth-order valence-corrected chi connectivity index (χ4v) is 6.25. The molecule has 3 atom stereocenters. The molecular weight excluding hydrogens is 238 g/mol. The van der Waals surface area contributed by atoms with Crippen molar-refractivity contribution >= 4 is 11.8 Å². The van der Waals surface area contributed by atoms with E-state index >= 15 is 0 Å². The van der Waals surface area contributed by atoms with Crippen molar-refractivity contribution in [2.24, 2.45) is 22.7 Å². The lowest BCUT2D eigenvalue weighted by Crippen LogP contribution is -2.51. The SMILES string of the molecule is CC1(C)C(NCC2CCSCC2)[C@]2(C)CC[C@H]1C2. The number of rotatable bonds is 3. The Kier molecular flexibility index (Phi) is 3.47. The van der Waals surface area contributed by atoms with Gasteiger partial charge in [0.1, 0.15) is 0 Å². The molecule has 1 saturated heterocycles. The van der Waals surface area contributed by atoms with Crippen molar-refractivity contribution in [3.8, 4) is 0 Å². The third-order valence-electron chi connectivity index (χ3n) is 6.22. The molecule has 3 fully saturated rings. The zero-order valence-corrected chi connectivity index (χ0v) is 13.1. The van der Waals surface area contributed by atoms with E-state index in [2.05, 4.69) is 37.8 Å². The number of thioether (sulfide) groups is 1. The molecule has 0 aromatic heterocycles. The van der Waals surface area contributed by atoms with Crippen LogP contribution in [0.1, 0.15) is 52.9 Å². The van der Waals surface area contributed by atoms with Crippen LogP contribution in [0.4, 0.5) is 0 Å². The van der Waals surface area contributed by atoms with Crippen LogP contribution in [0.2, 0.25) is 0 Å². The Bertz CT molecular complexity index is 303. The highest BCUT2D eigenvalue weighted by Crippen LogP contribution is 2.62. The summed E-state index contributed by atoms with van der Waals surface area (Å²) in [6.07, 6.45) is 7.27. The molecule has 1 unspecified atom stereocenters. The van der Waals surface area contributed by atoms with Gasteiger partial charge in [-0.3, -0.25) is 0 Å². The second kappa shape index (κ2) is 4.70. The van der Waals surface area contributed by atoms with Gasteiger partial charge in [0.25, 0.3) is 0 Å². The van der Waals surface area contributed by atoms with Gasteiger partial charge in [-0.1, -0.05) is 20.8 Å². The Morgan fingerprint density at radius 2 is 1.83 bits per heavy atom. The topological polar surface area (TPSA) is 12.0 Å². The van der Waals surface area contributed by atoms with E-state index in [-0.39, 0.29) is 0 Å². The molecule has 0 radical (unpaired) electrons. The van der Waals surface area contributed by atoms with Crippen molar-refractivity contribution in [2.75, 3.05) is 18.1 Å². The molecule has 2 aliphatic carbocycles. The van der Waals surface area contributed by atoms with Crippen LogP contribution in [0.15, 0.2) is 0 Å². The Labute approximate surface area is 117 Å². The summed E-state index contributed by atoms with van der Waals surface area (Å²) < 4.78 is 0. The summed E-state index contributed by atoms with van der Waals surface area (Å²) in [7, 11) is 0. The van der Waals surface area contributed by atoms with Gasteiger partial charge in [0.05, 0.1) is 0 Å². The fourth-order valence-electron chi connectivity index (χ4n) is 5.05. The monoisotopic (exact) mass is 267 g/mol. The van der Waals surface area contributed by atoms with Crippen molar-refractivity contribution in [1.82, 2.24) is 5.32 Å². The molecule has 0 amide bonds. The Morgan fingerprint density at radius 1 is 1.11 bits per heavy atom. The summed E-state index contributed by atoms with van der Waals surface area (Å²) in [4.78, 5) is 0. The Morgan fingerprint density at radius 3 is 2.44 bits per heavy atom. The van der Waals surface area contributed by atoms with Crippen LogP contribution in [0.3, 0.4) is 0 Å². The summed E-state index contributed by atoms with van der Waals surface area (Å²) in [6, 6.07) is 0.762. The van der Waals surface area contributed by atoms with Gasteiger partial charge in [0.15, 0.2) is 0 Å². The molecule has 18 heavy (non-hydrogen) atoms. The van der Waals surface area contributed by atoms with Crippen molar-refractivity contribution in [3.63, 3.8) is 0 Å².